The topological polar surface area (TPSA) is 76.2 Å². The van der Waals surface area contributed by atoms with Crippen molar-refractivity contribution in [2.45, 2.75) is 12.2 Å². The number of carboxylic acid groups (broad SMARTS) is 1. The molecule has 0 spiro atoms. The van der Waals surface area contributed by atoms with E-state index in [1.807, 2.05) is 16.8 Å². The zero-order valence-corrected chi connectivity index (χ0v) is 10.5. The van der Waals surface area contributed by atoms with E-state index in [0.717, 1.165) is 5.56 Å². The standard InChI is InChI=1S/C10H10N2O3S2/c13-9(14)2-4-17-6-8-11-10(12-15-8)7-1-3-16-5-7/h1,3,5H,2,4,6H2,(H,13,14). The van der Waals surface area contributed by atoms with E-state index >= 15 is 0 Å². The Labute approximate surface area is 106 Å². The lowest BCUT2D eigenvalue weighted by atomic mass is 10.3. The van der Waals surface area contributed by atoms with Crippen LogP contribution < -0.4 is 0 Å². The molecule has 90 valence electrons. The van der Waals surface area contributed by atoms with Crippen LogP contribution >= 0.6 is 23.1 Å². The molecule has 0 aliphatic rings. The Kier molecular flexibility index (Phi) is 4.16. The fourth-order valence-electron chi connectivity index (χ4n) is 1.14. The minimum Gasteiger partial charge on any atom is -0.481 e. The molecule has 0 fully saturated rings. The van der Waals surface area contributed by atoms with Gasteiger partial charge in [-0.25, -0.2) is 0 Å². The SMILES string of the molecule is O=C(O)CCSCc1nc(-c2ccsc2)no1. The third kappa shape index (κ3) is 3.57. The molecule has 5 nitrogen and oxygen atoms in total. The molecule has 0 saturated heterocycles. The van der Waals surface area contributed by atoms with Crippen LogP contribution in [0.15, 0.2) is 21.3 Å². The minimum atomic E-state index is -0.790. The lowest BCUT2D eigenvalue weighted by molar-refractivity contribution is -0.136. The van der Waals surface area contributed by atoms with E-state index in [1.54, 1.807) is 11.3 Å². The van der Waals surface area contributed by atoms with Crippen LogP contribution in [0.2, 0.25) is 0 Å². The van der Waals surface area contributed by atoms with E-state index < -0.39 is 5.97 Å². The van der Waals surface area contributed by atoms with Crippen LogP contribution in [-0.4, -0.2) is 27.0 Å². The molecule has 2 aromatic rings. The van der Waals surface area contributed by atoms with Crippen molar-refractivity contribution in [3.8, 4) is 11.4 Å². The molecular weight excluding hydrogens is 260 g/mol. The van der Waals surface area contributed by atoms with Gasteiger partial charge in [0.1, 0.15) is 0 Å². The summed E-state index contributed by atoms with van der Waals surface area (Å²) in [5.41, 5.74) is 0.945. The van der Waals surface area contributed by atoms with E-state index in [-0.39, 0.29) is 6.42 Å². The minimum absolute atomic E-state index is 0.149. The highest BCUT2D eigenvalue weighted by Gasteiger charge is 2.08. The molecule has 0 aliphatic heterocycles. The highest BCUT2D eigenvalue weighted by Crippen LogP contribution is 2.20. The van der Waals surface area contributed by atoms with Gasteiger partial charge in [0.15, 0.2) is 0 Å². The molecule has 7 heteroatoms. The Morgan fingerprint density at radius 2 is 2.47 bits per heavy atom. The van der Waals surface area contributed by atoms with Crippen LogP contribution in [0.5, 0.6) is 0 Å². The summed E-state index contributed by atoms with van der Waals surface area (Å²) in [6.07, 6.45) is 0.149. The first-order valence-electron chi connectivity index (χ1n) is 4.90. The van der Waals surface area contributed by atoms with Crippen molar-refractivity contribution in [3.63, 3.8) is 0 Å². The normalized spacial score (nSPS) is 10.6. The van der Waals surface area contributed by atoms with E-state index in [0.29, 0.717) is 23.2 Å². The van der Waals surface area contributed by atoms with Crippen molar-refractivity contribution >= 4 is 29.1 Å². The van der Waals surface area contributed by atoms with E-state index in [4.69, 9.17) is 9.63 Å². The number of thiophene rings is 1. The number of thioether (sulfide) groups is 1. The fourth-order valence-corrected chi connectivity index (χ4v) is 2.53. The van der Waals surface area contributed by atoms with Crippen LogP contribution in [0, 0.1) is 0 Å². The lowest BCUT2D eigenvalue weighted by Gasteiger charge is -1.93. The number of carboxylic acids is 1. The van der Waals surface area contributed by atoms with Gasteiger partial charge in [-0.1, -0.05) is 5.16 Å². The van der Waals surface area contributed by atoms with Gasteiger partial charge in [-0.05, 0) is 11.4 Å². The van der Waals surface area contributed by atoms with E-state index in [1.165, 1.54) is 11.8 Å². The van der Waals surface area contributed by atoms with Crippen molar-refractivity contribution in [3.05, 3.63) is 22.7 Å². The summed E-state index contributed by atoms with van der Waals surface area (Å²) in [6.45, 7) is 0. The van der Waals surface area contributed by atoms with Gasteiger partial charge in [0.2, 0.25) is 11.7 Å². The summed E-state index contributed by atoms with van der Waals surface area (Å²) in [5, 5.41) is 16.2. The molecule has 2 aromatic heterocycles. The molecule has 0 radical (unpaired) electrons. The molecule has 0 atom stereocenters. The van der Waals surface area contributed by atoms with Crippen LogP contribution in [0.25, 0.3) is 11.4 Å². The van der Waals surface area contributed by atoms with E-state index in [2.05, 4.69) is 10.1 Å². The maximum absolute atomic E-state index is 10.3. The highest BCUT2D eigenvalue weighted by molar-refractivity contribution is 7.98. The van der Waals surface area contributed by atoms with Gasteiger partial charge in [-0.2, -0.15) is 28.1 Å². The smallest absolute Gasteiger partial charge is 0.304 e. The molecule has 2 heterocycles. The number of aromatic nitrogens is 2. The number of hydrogen-bond acceptors (Lipinski definition) is 6. The van der Waals surface area contributed by atoms with Crippen molar-refractivity contribution in [1.82, 2.24) is 10.1 Å². The van der Waals surface area contributed by atoms with Gasteiger partial charge in [-0.15, -0.1) is 0 Å². The predicted octanol–water partition coefficient (Wildman–Crippen LogP) is 2.51. The number of rotatable bonds is 6. The lowest BCUT2D eigenvalue weighted by Crippen LogP contribution is -1.96. The number of nitrogens with zero attached hydrogens (tertiary/aromatic N) is 2. The maximum atomic E-state index is 10.3. The second-order valence-corrected chi connectivity index (χ2v) is 5.11. The number of carbonyl (C=O) groups is 1. The molecule has 2 rings (SSSR count). The third-order valence-corrected chi connectivity index (χ3v) is 3.56. The van der Waals surface area contributed by atoms with Gasteiger partial charge < -0.3 is 9.63 Å². The van der Waals surface area contributed by atoms with Crippen LogP contribution in [-0.2, 0) is 10.5 Å². The summed E-state index contributed by atoms with van der Waals surface area (Å²) in [6, 6.07) is 1.93. The maximum Gasteiger partial charge on any atom is 0.304 e. The molecule has 0 aromatic carbocycles. The van der Waals surface area contributed by atoms with Gasteiger partial charge in [0.05, 0.1) is 12.2 Å². The van der Waals surface area contributed by atoms with Gasteiger partial charge >= 0.3 is 5.97 Å². The van der Waals surface area contributed by atoms with Crippen molar-refractivity contribution in [2.75, 3.05) is 5.75 Å². The average molecular weight is 270 g/mol. The number of hydrogen-bond donors (Lipinski definition) is 1. The molecule has 0 saturated carbocycles. The average Bonchev–Trinajstić information content (AvgIpc) is 2.94. The largest absolute Gasteiger partial charge is 0.481 e. The summed E-state index contributed by atoms with van der Waals surface area (Å²) < 4.78 is 5.07. The summed E-state index contributed by atoms with van der Waals surface area (Å²) in [4.78, 5) is 14.5. The Morgan fingerprint density at radius 1 is 1.59 bits per heavy atom. The monoisotopic (exact) mass is 270 g/mol. The fraction of sp³-hybridized carbons (Fsp3) is 0.300. The zero-order chi connectivity index (χ0) is 12.1. The molecular formula is C10H10N2O3S2. The van der Waals surface area contributed by atoms with E-state index in [9.17, 15) is 4.79 Å². The van der Waals surface area contributed by atoms with Crippen molar-refractivity contribution in [1.29, 1.82) is 0 Å². The Morgan fingerprint density at radius 3 is 3.18 bits per heavy atom. The van der Waals surface area contributed by atoms with Crippen molar-refractivity contribution in [2.24, 2.45) is 0 Å². The van der Waals surface area contributed by atoms with Gasteiger partial charge in [0, 0.05) is 16.7 Å². The first-order chi connectivity index (χ1) is 8.25. The van der Waals surface area contributed by atoms with Crippen LogP contribution in [0.4, 0.5) is 0 Å². The molecule has 17 heavy (non-hydrogen) atoms. The van der Waals surface area contributed by atoms with Crippen LogP contribution in [0.1, 0.15) is 12.3 Å². The molecule has 0 aliphatic carbocycles. The Bertz CT molecular complexity index is 481. The molecule has 0 bridgehead atoms. The Hall–Kier alpha value is -1.34. The highest BCUT2D eigenvalue weighted by atomic mass is 32.2. The first-order valence-corrected chi connectivity index (χ1v) is 7.00. The molecule has 0 unspecified atom stereocenters. The quantitative estimate of drug-likeness (QED) is 0.813. The number of aliphatic carboxylic acids is 1. The summed E-state index contributed by atoms with van der Waals surface area (Å²) in [7, 11) is 0. The summed E-state index contributed by atoms with van der Waals surface area (Å²) in [5.74, 6) is 1.42. The zero-order valence-electron chi connectivity index (χ0n) is 8.83. The summed E-state index contributed by atoms with van der Waals surface area (Å²) >= 11 is 3.05. The first kappa shape index (κ1) is 12.1. The third-order valence-electron chi connectivity index (χ3n) is 1.93. The van der Waals surface area contributed by atoms with Crippen LogP contribution in [0.3, 0.4) is 0 Å². The van der Waals surface area contributed by atoms with Gasteiger partial charge in [-0.3, -0.25) is 4.79 Å². The van der Waals surface area contributed by atoms with Crippen molar-refractivity contribution < 1.29 is 14.4 Å². The second-order valence-electron chi connectivity index (χ2n) is 3.22. The predicted molar refractivity (Wildman–Crippen MR) is 66.0 cm³/mol. The second kappa shape index (κ2) is 5.83. The van der Waals surface area contributed by atoms with Gasteiger partial charge in [0.25, 0.3) is 0 Å². The molecule has 0 amide bonds. The Balaban J connectivity index is 1.84. The molecule has 1 N–H and O–H groups in total.